The number of carbonyl (C=O) groups is 1. The molecule has 160 valence electrons. The van der Waals surface area contributed by atoms with Gasteiger partial charge in [-0.3, -0.25) is 9.52 Å². The number of amides is 1. The molecule has 3 aromatic carbocycles. The SMILES string of the molecule is C=CCOc1ccc(C(=O)Nc2ccc(S(=O)(=O)Nc3cccc(Cl)c3C)cc2)cc1. The Balaban J connectivity index is 1.68. The molecule has 0 radical (unpaired) electrons. The van der Waals surface area contributed by atoms with Gasteiger partial charge < -0.3 is 10.1 Å². The summed E-state index contributed by atoms with van der Waals surface area (Å²) in [5.41, 5.74) is 1.96. The van der Waals surface area contributed by atoms with Gasteiger partial charge in [0.1, 0.15) is 12.4 Å². The van der Waals surface area contributed by atoms with E-state index in [2.05, 4.69) is 16.6 Å². The average Bonchev–Trinajstić information content (AvgIpc) is 2.76. The second kappa shape index (κ2) is 9.68. The quantitative estimate of drug-likeness (QED) is 0.452. The number of ether oxygens (including phenoxy) is 1. The second-order valence-corrected chi connectivity index (χ2v) is 8.71. The lowest BCUT2D eigenvalue weighted by Gasteiger charge is -2.12. The number of rotatable bonds is 8. The zero-order chi connectivity index (χ0) is 22.4. The van der Waals surface area contributed by atoms with Crippen molar-refractivity contribution in [1.29, 1.82) is 0 Å². The van der Waals surface area contributed by atoms with Crippen LogP contribution in [0.3, 0.4) is 0 Å². The van der Waals surface area contributed by atoms with Crippen LogP contribution < -0.4 is 14.8 Å². The highest BCUT2D eigenvalue weighted by Crippen LogP contribution is 2.26. The van der Waals surface area contributed by atoms with Crippen LogP contribution in [0.5, 0.6) is 5.75 Å². The number of carbonyl (C=O) groups excluding carboxylic acids is 1. The maximum atomic E-state index is 12.7. The van der Waals surface area contributed by atoms with Crippen LogP contribution in [-0.4, -0.2) is 20.9 Å². The Bertz CT molecular complexity index is 1190. The standard InChI is InChI=1S/C23H21ClN2O4S/c1-3-15-30-19-11-7-17(8-12-19)23(27)25-18-9-13-20(14-10-18)31(28,29)26-22-6-4-5-21(24)16(22)2/h3-14,26H,1,15H2,2H3,(H,25,27). The maximum absolute atomic E-state index is 12.7. The largest absolute Gasteiger partial charge is 0.490 e. The lowest BCUT2D eigenvalue weighted by molar-refractivity contribution is 0.102. The first-order valence-corrected chi connectivity index (χ1v) is 11.2. The zero-order valence-corrected chi connectivity index (χ0v) is 18.3. The molecule has 31 heavy (non-hydrogen) atoms. The molecule has 0 saturated heterocycles. The smallest absolute Gasteiger partial charge is 0.261 e. The Morgan fingerprint density at radius 3 is 2.39 bits per heavy atom. The molecular formula is C23H21ClN2O4S. The molecule has 2 N–H and O–H groups in total. The van der Waals surface area contributed by atoms with Crippen molar-refractivity contribution in [3.8, 4) is 5.75 Å². The van der Waals surface area contributed by atoms with Gasteiger partial charge in [-0.05, 0) is 73.2 Å². The van der Waals surface area contributed by atoms with Crippen molar-refractivity contribution in [3.05, 3.63) is 95.5 Å². The van der Waals surface area contributed by atoms with Crippen molar-refractivity contribution in [2.24, 2.45) is 0 Å². The Labute approximate surface area is 186 Å². The second-order valence-electron chi connectivity index (χ2n) is 6.62. The highest BCUT2D eigenvalue weighted by molar-refractivity contribution is 7.92. The van der Waals surface area contributed by atoms with Crippen LogP contribution in [0.4, 0.5) is 11.4 Å². The molecule has 0 aliphatic rings. The summed E-state index contributed by atoms with van der Waals surface area (Å²) < 4.78 is 33.3. The van der Waals surface area contributed by atoms with E-state index >= 15 is 0 Å². The van der Waals surface area contributed by atoms with Crippen molar-refractivity contribution in [2.75, 3.05) is 16.6 Å². The van der Waals surface area contributed by atoms with Crippen LogP contribution >= 0.6 is 11.6 Å². The van der Waals surface area contributed by atoms with Crippen molar-refractivity contribution >= 4 is 38.9 Å². The predicted octanol–water partition coefficient (Wildman–Crippen LogP) is 5.27. The molecular weight excluding hydrogens is 436 g/mol. The van der Waals surface area contributed by atoms with E-state index in [0.29, 0.717) is 39.9 Å². The minimum absolute atomic E-state index is 0.0635. The predicted molar refractivity (Wildman–Crippen MR) is 124 cm³/mol. The van der Waals surface area contributed by atoms with E-state index in [-0.39, 0.29) is 10.8 Å². The van der Waals surface area contributed by atoms with E-state index in [1.54, 1.807) is 55.5 Å². The van der Waals surface area contributed by atoms with Crippen molar-refractivity contribution in [2.45, 2.75) is 11.8 Å². The van der Waals surface area contributed by atoms with Gasteiger partial charge in [0.05, 0.1) is 10.6 Å². The lowest BCUT2D eigenvalue weighted by Crippen LogP contribution is -2.14. The van der Waals surface area contributed by atoms with Crippen LogP contribution in [0.2, 0.25) is 5.02 Å². The molecule has 0 heterocycles. The monoisotopic (exact) mass is 456 g/mol. The van der Waals surface area contributed by atoms with Gasteiger partial charge in [-0.1, -0.05) is 30.3 Å². The molecule has 3 aromatic rings. The van der Waals surface area contributed by atoms with Gasteiger partial charge in [-0.15, -0.1) is 0 Å². The molecule has 0 fully saturated rings. The fourth-order valence-electron chi connectivity index (χ4n) is 2.70. The molecule has 0 bridgehead atoms. The first-order chi connectivity index (χ1) is 14.8. The topological polar surface area (TPSA) is 84.5 Å². The molecule has 0 unspecified atom stereocenters. The number of halogens is 1. The molecule has 0 saturated carbocycles. The molecule has 0 aliphatic heterocycles. The average molecular weight is 457 g/mol. The van der Waals surface area contributed by atoms with E-state index in [0.717, 1.165) is 0 Å². The van der Waals surface area contributed by atoms with E-state index in [9.17, 15) is 13.2 Å². The minimum atomic E-state index is -3.80. The van der Waals surface area contributed by atoms with E-state index in [4.69, 9.17) is 16.3 Å². The molecule has 3 rings (SSSR count). The summed E-state index contributed by atoms with van der Waals surface area (Å²) in [5, 5.41) is 3.21. The summed E-state index contributed by atoms with van der Waals surface area (Å²) in [6.45, 7) is 5.70. The van der Waals surface area contributed by atoms with Gasteiger partial charge >= 0.3 is 0 Å². The fourth-order valence-corrected chi connectivity index (χ4v) is 4.00. The van der Waals surface area contributed by atoms with Gasteiger partial charge in [-0.2, -0.15) is 0 Å². The van der Waals surface area contributed by atoms with Crippen LogP contribution in [0, 0.1) is 6.92 Å². The summed E-state index contributed by atoms with van der Waals surface area (Å²) in [7, 11) is -3.80. The number of sulfonamides is 1. The van der Waals surface area contributed by atoms with Crippen LogP contribution in [0.1, 0.15) is 15.9 Å². The van der Waals surface area contributed by atoms with E-state index in [1.807, 2.05) is 0 Å². The lowest BCUT2D eigenvalue weighted by atomic mass is 10.2. The van der Waals surface area contributed by atoms with Gasteiger partial charge in [0, 0.05) is 16.3 Å². The third-order valence-electron chi connectivity index (χ3n) is 4.42. The molecule has 1 amide bonds. The minimum Gasteiger partial charge on any atom is -0.490 e. The Morgan fingerprint density at radius 2 is 1.74 bits per heavy atom. The van der Waals surface area contributed by atoms with Crippen LogP contribution in [0.15, 0.2) is 84.3 Å². The normalized spacial score (nSPS) is 10.9. The molecule has 8 heteroatoms. The van der Waals surface area contributed by atoms with Gasteiger partial charge in [0.2, 0.25) is 0 Å². The number of nitrogens with one attached hydrogen (secondary N) is 2. The summed E-state index contributed by atoms with van der Waals surface area (Å²) in [5.74, 6) is 0.312. The van der Waals surface area contributed by atoms with Crippen molar-refractivity contribution in [1.82, 2.24) is 0 Å². The molecule has 0 spiro atoms. The zero-order valence-electron chi connectivity index (χ0n) is 16.8. The summed E-state index contributed by atoms with van der Waals surface area (Å²) in [6.07, 6.45) is 1.64. The summed E-state index contributed by atoms with van der Waals surface area (Å²) in [4.78, 5) is 12.5. The number of hydrogen-bond donors (Lipinski definition) is 2. The first-order valence-electron chi connectivity index (χ1n) is 9.33. The highest BCUT2D eigenvalue weighted by atomic mass is 35.5. The molecule has 0 aromatic heterocycles. The van der Waals surface area contributed by atoms with Crippen molar-refractivity contribution < 1.29 is 17.9 Å². The Kier molecular flexibility index (Phi) is 6.99. The fraction of sp³-hybridized carbons (Fsp3) is 0.0870. The third-order valence-corrected chi connectivity index (χ3v) is 6.21. The Morgan fingerprint density at radius 1 is 1.06 bits per heavy atom. The van der Waals surface area contributed by atoms with Crippen LogP contribution in [-0.2, 0) is 10.0 Å². The van der Waals surface area contributed by atoms with E-state index in [1.165, 1.54) is 24.3 Å². The maximum Gasteiger partial charge on any atom is 0.261 e. The van der Waals surface area contributed by atoms with Gasteiger partial charge in [0.15, 0.2) is 0 Å². The van der Waals surface area contributed by atoms with Gasteiger partial charge in [-0.25, -0.2) is 8.42 Å². The van der Waals surface area contributed by atoms with E-state index < -0.39 is 10.0 Å². The number of hydrogen-bond acceptors (Lipinski definition) is 4. The summed E-state index contributed by atoms with van der Waals surface area (Å²) in [6, 6.07) is 17.6. The Hall–Kier alpha value is -3.29. The molecule has 0 atom stereocenters. The summed E-state index contributed by atoms with van der Waals surface area (Å²) >= 11 is 6.05. The highest BCUT2D eigenvalue weighted by Gasteiger charge is 2.16. The number of benzene rings is 3. The number of anilines is 2. The third kappa shape index (κ3) is 5.65. The van der Waals surface area contributed by atoms with Crippen LogP contribution in [0.25, 0.3) is 0 Å². The first kappa shape index (κ1) is 22.4. The molecule has 6 nitrogen and oxygen atoms in total. The molecule has 0 aliphatic carbocycles. The van der Waals surface area contributed by atoms with Crippen molar-refractivity contribution in [3.63, 3.8) is 0 Å². The van der Waals surface area contributed by atoms with Gasteiger partial charge in [0.25, 0.3) is 15.9 Å².